The molecule has 2 saturated heterocycles. The molecule has 0 saturated carbocycles. The van der Waals surface area contributed by atoms with Crippen LogP contribution < -0.4 is 4.90 Å². The first-order chi connectivity index (χ1) is 18.2. The van der Waals surface area contributed by atoms with E-state index in [0.29, 0.717) is 61.2 Å². The Labute approximate surface area is 222 Å². The van der Waals surface area contributed by atoms with Crippen LogP contribution in [0.4, 0.5) is 23.7 Å². The molecular formula is C28H24ClF3N2O4. The van der Waals surface area contributed by atoms with Crippen LogP contribution in [0.3, 0.4) is 0 Å². The van der Waals surface area contributed by atoms with Crippen molar-refractivity contribution in [3.8, 4) is 11.1 Å². The van der Waals surface area contributed by atoms with Gasteiger partial charge in [0.15, 0.2) is 11.6 Å². The van der Waals surface area contributed by atoms with E-state index in [4.69, 9.17) is 25.9 Å². The van der Waals surface area contributed by atoms with Crippen LogP contribution in [0.1, 0.15) is 24.0 Å². The van der Waals surface area contributed by atoms with Crippen molar-refractivity contribution >= 4 is 29.5 Å². The second-order valence-electron chi connectivity index (χ2n) is 9.34. The number of amides is 1. The Morgan fingerprint density at radius 2 is 1.58 bits per heavy atom. The van der Waals surface area contributed by atoms with Gasteiger partial charge in [-0.15, -0.1) is 0 Å². The molecule has 3 aromatic rings. The number of hydrogen-bond acceptors (Lipinski definition) is 5. The highest BCUT2D eigenvalue weighted by atomic mass is 35.5. The number of rotatable bonds is 4. The third kappa shape index (κ3) is 5.75. The molecule has 5 rings (SSSR count). The van der Waals surface area contributed by atoms with Crippen molar-refractivity contribution in [3.63, 3.8) is 0 Å². The number of carbonyl (C=O) groups excluding carboxylic acids is 3. The number of nitrogens with zero attached hydrogens (tertiary/aromatic N) is 2. The highest BCUT2D eigenvalue weighted by Gasteiger charge is 2.47. The van der Waals surface area contributed by atoms with Crippen molar-refractivity contribution in [2.24, 2.45) is 0 Å². The van der Waals surface area contributed by atoms with Gasteiger partial charge >= 0.3 is 12.2 Å². The lowest BCUT2D eigenvalue weighted by atomic mass is 9.90. The Morgan fingerprint density at radius 1 is 0.947 bits per heavy atom. The van der Waals surface area contributed by atoms with Gasteiger partial charge in [0.2, 0.25) is 0 Å². The number of carbonyl (C=O) groups is 1. The Bertz CT molecular complexity index is 1370. The summed E-state index contributed by atoms with van der Waals surface area (Å²) in [4.78, 5) is 32.6. The molecule has 6 nitrogen and oxygen atoms in total. The zero-order chi connectivity index (χ0) is 27.4. The lowest BCUT2D eigenvalue weighted by Crippen LogP contribution is -2.46. The number of para-hydroxylation sites is 1. The largest absolute Gasteiger partial charge is 0.441 e. The van der Waals surface area contributed by atoms with Crippen LogP contribution in [-0.2, 0) is 20.9 Å². The third-order valence-electron chi connectivity index (χ3n) is 6.88. The molecule has 2 fully saturated rings. The summed E-state index contributed by atoms with van der Waals surface area (Å²) in [7, 11) is 0. The number of piperidine rings is 1. The summed E-state index contributed by atoms with van der Waals surface area (Å²) in [5.74, 6) is -3.16. The second kappa shape index (κ2) is 11.4. The molecule has 1 spiro atoms. The number of hydrogen-bond donors (Lipinski definition) is 0. The van der Waals surface area contributed by atoms with Crippen molar-refractivity contribution in [3.05, 3.63) is 88.2 Å². The minimum Gasteiger partial charge on any atom is -0.441 e. The summed E-state index contributed by atoms with van der Waals surface area (Å²) in [6.07, 6.45) is 1.21. The van der Waals surface area contributed by atoms with Crippen molar-refractivity contribution in [1.82, 2.24) is 4.90 Å². The van der Waals surface area contributed by atoms with Gasteiger partial charge < -0.3 is 4.74 Å². The van der Waals surface area contributed by atoms with Crippen LogP contribution in [0.5, 0.6) is 0 Å². The van der Waals surface area contributed by atoms with E-state index >= 15 is 0 Å². The average molecular weight is 545 g/mol. The quantitative estimate of drug-likeness (QED) is 0.369. The minimum atomic E-state index is -1.23. The molecular weight excluding hydrogens is 521 g/mol. The molecule has 3 aromatic carbocycles. The van der Waals surface area contributed by atoms with Gasteiger partial charge in [0.05, 0.1) is 6.54 Å². The van der Waals surface area contributed by atoms with Crippen molar-refractivity contribution < 1.29 is 32.3 Å². The molecule has 198 valence electrons. The maximum Gasteiger partial charge on any atom is 0.415 e. The normalized spacial score (nSPS) is 16.6. The topological polar surface area (TPSA) is 66.9 Å². The van der Waals surface area contributed by atoms with Gasteiger partial charge in [-0.05, 0) is 53.9 Å². The lowest BCUT2D eigenvalue weighted by molar-refractivity contribution is -0.191. The fraction of sp³-hybridized carbons (Fsp3) is 0.286. The lowest BCUT2D eigenvalue weighted by Gasteiger charge is -2.37. The smallest absolute Gasteiger partial charge is 0.415 e. The van der Waals surface area contributed by atoms with E-state index in [9.17, 15) is 18.0 Å². The van der Waals surface area contributed by atoms with Crippen molar-refractivity contribution in [2.75, 3.05) is 24.5 Å². The van der Waals surface area contributed by atoms with Gasteiger partial charge in [-0.3, -0.25) is 9.80 Å². The van der Waals surface area contributed by atoms with Crippen molar-refractivity contribution in [2.45, 2.75) is 31.9 Å². The fourth-order valence-electron chi connectivity index (χ4n) is 4.88. The predicted octanol–water partition coefficient (Wildman–Crippen LogP) is 6.14. The second-order valence-corrected chi connectivity index (χ2v) is 9.74. The summed E-state index contributed by atoms with van der Waals surface area (Å²) in [6, 6.07) is 14.3. The summed E-state index contributed by atoms with van der Waals surface area (Å²) < 4.78 is 47.9. The molecule has 0 N–H and O–H groups in total. The van der Waals surface area contributed by atoms with E-state index in [-0.39, 0.29) is 17.8 Å². The maximum atomic E-state index is 14.6. The Balaban J connectivity index is 0.00000107. The van der Waals surface area contributed by atoms with Gasteiger partial charge in [-0.25, -0.2) is 18.0 Å². The van der Waals surface area contributed by atoms with E-state index < -0.39 is 23.1 Å². The molecule has 2 aliphatic rings. The molecule has 10 heteroatoms. The SMILES string of the molecule is Cc1cc(-c2cc(F)c(F)cc2F)c(CN2CCC3(CC2)CN(c2ccccc2)C(=O)O3)cc1Cl.O=C=O. The van der Waals surface area contributed by atoms with Crippen LogP contribution >= 0.6 is 11.6 Å². The van der Waals surface area contributed by atoms with Gasteiger partial charge in [0, 0.05) is 54.8 Å². The third-order valence-corrected chi connectivity index (χ3v) is 7.29. The first kappa shape index (κ1) is 27.4. The van der Waals surface area contributed by atoms with Gasteiger partial charge in [0.1, 0.15) is 11.4 Å². The first-order valence-corrected chi connectivity index (χ1v) is 12.3. The zero-order valence-corrected chi connectivity index (χ0v) is 21.2. The molecule has 2 aliphatic heterocycles. The van der Waals surface area contributed by atoms with E-state index in [2.05, 4.69) is 4.90 Å². The van der Waals surface area contributed by atoms with Crippen LogP contribution in [0.15, 0.2) is 54.6 Å². The molecule has 2 heterocycles. The van der Waals surface area contributed by atoms with E-state index in [0.717, 1.165) is 17.3 Å². The highest BCUT2D eigenvalue weighted by Crippen LogP contribution is 2.37. The summed E-state index contributed by atoms with van der Waals surface area (Å²) in [6.45, 7) is 4.03. The number of halogens is 4. The van der Waals surface area contributed by atoms with Crippen molar-refractivity contribution in [1.29, 1.82) is 0 Å². The molecule has 0 aliphatic carbocycles. The molecule has 0 bridgehead atoms. The first-order valence-electron chi connectivity index (χ1n) is 11.9. The molecule has 0 atom stereocenters. The average Bonchev–Trinajstić information content (AvgIpc) is 3.21. The van der Waals surface area contributed by atoms with Crippen LogP contribution in [0.2, 0.25) is 5.02 Å². The molecule has 0 aromatic heterocycles. The number of ether oxygens (including phenoxy) is 1. The molecule has 38 heavy (non-hydrogen) atoms. The van der Waals surface area contributed by atoms with Crippen LogP contribution in [0, 0.1) is 24.4 Å². The van der Waals surface area contributed by atoms with Gasteiger partial charge in [-0.2, -0.15) is 9.59 Å². The highest BCUT2D eigenvalue weighted by molar-refractivity contribution is 6.31. The van der Waals surface area contributed by atoms with Crippen LogP contribution in [-0.4, -0.2) is 42.4 Å². The standard InChI is InChI=1S/C27H24ClF3N2O2.CO2/c1-17-11-20(21-13-24(30)25(31)14-23(21)29)18(12-22(17)28)15-32-9-7-27(8-10-32)16-33(26(34)35-27)19-5-3-2-4-6-19;2-1-3/h2-6,11-14H,7-10,15-16H2,1H3;. The minimum absolute atomic E-state index is 0.00428. The predicted molar refractivity (Wildman–Crippen MR) is 134 cm³/mol. The van der Waals surface area contributed by atoms with Gasteiger partial charge in [-0.1, -0.05) is 29.8 Å². The zero-order valence-electron chi connectivity index (χ0n) is 20.5. The van der Waals surface area contributed by atoms with Crippen LogP contribution in [0.25, 0.3) is 11.1 Å². The molecule has 0 unspecified atom stereocenters. The number of benzene rings is 3. The number of aryl methyl sites for hydroxylation is 1. The fourth-order valence-corrected chi connectivity index (χ4v) is 5.07. The summed E-state index contributed by atoms with van der Waals surface area (Å²) >= 11 is 6.37. The Morgan fingerprint density at radius 3 is 2.24 bits per heavy atom. The molecule has 1 amide bonds. The molecule has 0 radical (unpaired) electrons. The van der Waals surface area contributed by atoms with Gasteiger partial charge in [0.25, 0.3) is 0 Å². The Hall–Kier alpha value is -3.65. The van der Waals surface area contributed by atoms with E-state index in [1.165, 1.54) is 0 Å². The summed E-state index contributed by atoms with van der Waals surface area (Å²) in [5, 5.41) is 0.517. The maximum absolute atomic E-state index is 14.6. The number of likely N-dealkylation sites (tertiary alicyclic amines) is 1. The van der Waals surface area contributed by atoms with E-state index in [1.54, 1.807) is 24.0 Å². The monoisotopic (exact) mass is 544 g/mol. The number of anilines is 1. The van der Waals surface area contributed by atoms with E-state index in [1.807, 2.05) is 30.3 Å². The Kier molecular flexibility index (Phi) is 8.21. The summed E-state index contributed by atoms with van der Waals surface area (Å²) in [5.41, 5.74) is 2.16.